The van der Waals surface area contributed by atoms with E-state index in [-0.39, 0.29) is 18.4 Å². The zero-order valence-corrected chi connectivity index (χ0v) is 7.84. The number of hydrogen-bond acceptors (Lipinski definition) is 4. The molecular formula is C8H16N2O3. The molecule has 0 aliphatic rings. The molecule has 0 saturated carbocycles. The highest BCUT2D eigenvalue weighted by Gasteiger charge is 1.98. The number of hydrogen-bond donors (Lipinski definition) is 2. The first-order valence-electron chi connectivity index (χ1n) is 4.22. The fraction of sp³-hybridized carbons (Fsp3) is 0.750. The molecule has 0 spiro atoms. The molecule has 76 valence electrons. The fourth-order valence-electron chi connectivity index (χ4n) is 0.812. The molecule has 0 aliphatic carbocycles. The van der Waals surface area contributed by atoms with Gasteiger partial charge in [0.15, 0.2) is 0 Å². The second-order valence-electron chi connectivity index (χ2n) is 2.68. The number of carbonyl (C=O) groups excluding carboxylic acids is 2. The second-order valence-corrected chi connectivity index (χ2v) is 2.68. The number of rotatable bonds is 7. The Hall–Kier alpha value is -1.10. The molecule has 0 saturated heterocycles. The van der Waals surface area contributed by atoms with Crippen LogP contribution in [0.1, 0.15) is 19.3 Å². The Morgan fingerprint density at radius 3 is 2.62 bits per heavy atom. The van der Waals surface area contributed by atoms with E-state index in [0.29, 0.717) is 13.0 Å². The van der Waals surface area contributed by atoms with Gasteiger partial charge in [-0.05, 0) is 19.4 Å². The fourth-order valence-corrected chi connectivity index (χ4v) is 0.812. The summed E-state index contributed by atoms with van der Waals surface area (Å²) in [5.41, 5.74) is 4.94. The Morgan fingerprint density at radius 2 is 2.08 bits per heavy atom. The van der Waals surface area contributed by atoms with Crippen molar-refractivity contribution in [2.24, 2.45) is 5.73 Å². The summed E-state index contributed by atoms with van der Waals surface area (Å²) in [6, 6.07) is 0. The van der Waals surface area contributed by atoms with Gasteiger partial charge in [0.2, 0.25) is 5.91 Å². The van der Waals surface area contributed by atoms with Crippen molar-refractivity contribution in [2.45, 2.75) is 19.3 Å². The topological polar surface area (TPSA) is 81.4 Å². The summed E-state index contributed by atoms with van der Waals surface area (Å²) in [7, 11) is 1.34. The number of nitrogens with one attached hydrogen (secondary N) is 1. The van der Waals surface area contributed by atoms with Crippen molar-refractivity contribution in [1.29, 1.82) is 0 Å². The van der Waals surface area contributed by atoms with E-state index in [1.807, 2.05) is 0 Å². The summed E-state index contributed by atoms with van der Waals surface area (Å²) in [6.07, 6.45) is 1.99. The molecule has 0 atom stereocenters. The first-order valence-corrected chi connectivity index (χ1v) is 4.22. The third-order valence-electron chi connectivity index (χ3n) is 1.52. The van der Waals surface area contributed by atoms with Crippen LogP contribution in [0.5, 0.6) is 0 Å². The van der Waals surface area contributed by atoms with Crippen molar-refractivity contribution < 1.29 is 14.3 Å². The smallest absolute Gasteiger partial charge is 0.319 e. The van der Waals surface area contributed by atoms with Crippen LogP contribution in [0.4, 0.5) is 0 Å². The molecule has 13 heavy (non-hydrogen) atoms. The van der Waals surface area contributed by atoms with E-state index in [1.54, 1.807) is 0 Å². The molecule has 5 heteroatoms. The van der Waals surface area contributed by atoms with Gasteiger partial charge in [-0.15, -0.1) is 0 Å². The third-order valence-corrected chi connectivity index (χ3v) is 1.52. The minimum absolute atomic E-state index is 0.215. The number of unbranched alkanes of at least 4 members (excludes halogenated alkanes) is 1. The van der Waals surface area contributed by atoms with Crippen LogP contribution in [0.3, 0.4) is 0 Å². The monoisotopic (exact) mass is 188 g/mol. The number of primary amides is 1. The van der Waals surface area contributed by atoms with Gasteiger partial charge in [0.05, 0.1) is 13.7 Å². The van der Waals surface area contributed by atoms with Gasteiger partial charge in [0, 0.05) is 6.42 Å². The number of methoxy groups -OCH3 is 1. The van der Waals surface area contributed by atoms with Gasteiger partial charge in [-0.25, -0.2) is 0 Å². The number of amides is 1. The maximum atomic E-state index is 10.6. The summed E-state index contributed by atoms with van der Waals surface area (Å²) in [5, 5.41) is 2.88. The van der Waals surface area contributed by atoms with Gasteiger partial charge in [0.25, 0.3) is 0 Å². The lowest BCUT2D eigenvalue weighted by Crippen LogP contribution is -2.25. The van der Waals surface area contributed by atoms with E-state index >= 15 is 0 Å². The Balaban J connectivity index is 3.08. The van der Waals surface area contributed by atoms with Crippen molar-refractivity contribution in [1.82, 2.24) is 5.32 Å². The summed E-state index contributed by atoms with van der Waals surface area (Å²) < 4.78 is 4.42. The van der Waals surface area contributed by atoms with Crippen LogP contribution < -0.4 is 11.1 Å². The standard InChI is InChI=1S/C8H16N2O3/c1-13-8(12)6-10-5-3-2-4-7(9)11/h10H,2-6H2,1H3,(H2,9,11). The molecule has 0 fully saturated rings. The quantitative estimate of drug-likeness (QED) is 0.413. The van der Waals surface area contributed by atoms with E-state index in [2.05, 4.69) is 10.1 Å². The zero-order chi connectivity index (χ0) is 10.1. The van der Waals surface area contributed by atoms with Gasteiger partial charge >= 0.3 is 5.97 Å². The van der Waals surface area contributed by atoms with E-state index in [9.17, 15) is 9.59 Å². The van der Waals surface area contributed by atoms with E-state index < -0.39 is 0 Å². The Bertz CT molecular complexity index is 171. The summed E-state index contributed by atoms with van der Waals surface area (Å²) >= 11 is 0. The molecule has 0 unspecified atom stereocenters. The number of esters is 1. The molecule has 0 aromatic rings. The van der Waals surface area contributed by atoms with Crippen LogP contribution in [0.25, 0.3) is 0 Å². The molecular weight excluding hydrogens is 172 g/mol. The van der Waals surface area contributed by atoms with Gasteiger partial charge in [0.1, 0.15) is 0 Å². The van der Waals surface area contributed by atoms with Gasteiger partial charge < -0.3 is 15.8 Å². The number of nitrogens with two attached hydrogens (primary N) is 1. The first-order chi connectivity index (χ1) is 6.16. The van der Waals surface area contributed by atoms with Crippen molar-refractivity contribution in [2.75, 3.05) is 20.2 Å². The second kappa shape index (κ2) is 7.54. The van der Waals surface area contributed by atoms with Gasteiger partial charge in [-0.1, -0.05) is 0 Å². The maximum Gasteiger partial charge on any atom is 0.319 e. The van der Waals surface area contributed by atoms with Gasteiger partial charge in [-0.3, -0.25) is 9.59 Å². The summed E-state index contributed by atoms with van der Waals surface area (Å²) in [5.74, 6) is -0.567. The van der Waals surface area contributed by atoms with Gasteiger partial charge in [-0.2, -0.15) is 0 Å². The summed E-state index contributed by atoms with van der Waals surface area (Å²) in [6.45, 7) is 0.912. The van der Waals surface area contributed by atoms with Crippen molar-refractivity contribution >= 4 is 11.9 Å². The predicted octanol–water partition coefficient (Wildman–Crippen LogP) is -0.595. The third kappa shape index (κ3) is 8.81. The minimum atomic E-state index is -0.284. The molecule has 5 nitrogen and oxygen atoms in total. The van der Waals surface area contributed by atoms with Crippen LogP contribution in [0.15, 0.2) is 0 Å². The van der Waals surface area contributed by atoms with E-state index in [0.717, 1.165) is 12.8 Å². The zero-order valence-electron chi connectivity index (χ0n) is 7.84. The van der Waals surface area contributed by atoms with E-state index in [1.165, 1.54) is 7.11 Å². The normalized spacial score (nSPS) is 9.62. The number of ether oxygens (including phenoxy) is 1. The first kappa shape index (κ1) is 11.9. The predicted molar refractivity (Wildman–Crippen MR) is 47.9 cm³/mol. The molecule has 3 N–H and O–H groups in total. The lowest BCUT2D eigenvalue weighted by Gasteiger charge is -2.01. The Labute approximate surface area is 77.6 Å². The minimum Gasteiger partial charge on any atom is -0.468 e. The molecule has 0 radical (unpaired) electrons. The highest BCUT2D eigenvalue weighted by atomic mass is 16.5. The van der Waals surface area contributed by atoms with Crippen molar-refractivity contribution in [3.05, 3.63) is 0 Å². The molecule has 0 rings (SSSR count). The van der Waals surface area contributed by atoms with Crippen LogP contribution in [-0.2, 0) is 14.3 Å². The summed E-state index contributed by atoms with van der Waals surface area (Å²) in [4.78, 5) is 20.9. The Morgan fingerprint density at radius 1 is 1.38 bits per heavy atom. The highest BCUT2D eigenvalue weighted by molar-refractivity contribution is 5.73. The highest BCUT2D eigenvalue weighted by Crippen LogP contribution is 1.91. The largest absolute Gasteiger partial charge is 0.468 e. The average Bonchev–Trinajstić information content (AvgIpc) is 2.10. The average molecular weight is 188 g/mol. The molecule has 0 aromatic heterocycles. The van der Waals surface area contributed by atoms with Crippen LogP contribution >= 0.6 is 0 Å². The molecule has 0 aromatic carbocycles. The van der Waals surface area contributed by atoms with Crippen LogP contribution in [-0.4, -0.2) is 32.1 Å². The van der Waals surface area contributed by atoms with Crippen LogP contribution in [0.2, 0.25) is 0 Å². The lowest BCUT2D eigenvalue weighted by atomic mass is 10.2. The molecule has 0 bridgehead atoms. The molecule has 0 aliphatic heterocycles. The van der Waals surface area contributed by atoms with E-state index in [4.69, 9.17) is 5.73 Å². The number of carbonyl (C=O) groups is 2. The van der Waals surface area contributed by atoms with Crippen molar-refractivity contribution in [3.63, 3.8) is 0 Å². The van der Waals surface area contributed by atoms with Crippen LogP contribution in [0, 0.1) is 0 Å². The lowest BCUT2D eigenvalue weighted by molar-refractivity contribution is -0.139. The molecule has 0 heterocycles. The van der Waals surface area contributed by atoms with Crippen molar-refractivity contribution in [3.8, 4) is 0 Å². The Kier molecular flexibility index (Phi) is 6.91. The maximum absolute atomic E-state index is 10.6. The molecule has 1 amide bonds. The SMILES string of the molecule is COC(=O)CNCCCCC(N)=O.